The lowest BCUT2D eigenvalue weighted by atomic mass is 9.94. The monoisotopic (exact) mass is 483 g/mol. The quantitative estimate of drug-likeness (QED) is 0.705. The number of benzene rings is 2. The van der Waals surface area contributed by atoms with E-state index in [1.54, 1.807) is 34.1 Å². The molecule has 178 valence electrons. The van der Waals surface area contributed by atoms with Crippen LogP contribution in [-0.2, 0) is 20.9 Å². The Bertz CT molecular complexity index is 1120. The molecule has 2 aromatic carbocycles. The van der Waals surface area contributed by atoms with Crippen LogP contribution in [0.5, 0.6) is 11.5 Å². The van der Waals surface area contributed by atoms with Crippen LogP contribution < -0.4 is 14.8 Å². The summed E-state index contributed by atoms with van der Waals surface area (Å²) in [6, 6.07) is 12.7. The van der Waals surface area contributed by atoms with Crippen molar-refractivity contribution in [1.29, 1.82) is 0 Å². The molecule has 3 amide bonds. The Labute approximate surface area is 202 Å². The zero-order valence-electron chi connectivity index (χ0n) is 18.7. The zero-order chi connectivity index (χ0) is 23.7. The molecule has 0 bridgehead atoms. The summed E-state index contributed by atoms with van der Waals surface area (Å²) in [6.45, 7) is 2.00. The van der Waals surface area contributed by atoms with Gasteiger partial charge in [0.1, 0.15) is 0 Å². The highest BCUT2D eigenvalue weighted by molar-refractivity contribution is 6.31. The molecule has 0 aliphatic carbocycles. The SMILES string of the molecule is O=C(Nc1ccc2c(c1)OCO2)C1CCN(C(=O)[C@@H]2CC(=O)N(Cc3ccccc3Cl)C2)CC1. The van der Waals surface area contributed by atoms with E-state index in [4.69, 9.17) is 21.1 Å². The van der Waals surface area contributed by atoms with Crippen LogP contribution in [0.2, 0.25) is 5.02 Å². The van der Waals surface area contributed by atoms with E-state index in [1.165, 1.54) is 0 Å². The van der Waals surface area contributed by atoms with Crippen LogP contribution in [0.3, 0.4) is 0 Å². The predicted molar refractivity (Wildman–Crippen MR) is 125 cm³/mol. The third-order valence-corrected chi connectivity index (χ3v) is 7.07. The van der Waals surface area contributed by atoms with Crippen LogP contribution in [0.1, 0.15) is 24.8 Å². The number of nitrogens with zero attached hydrogens (tertiary/aromatic N) is 2. The first-order valence-corrected chi connectivity index (χ1v) is 11.9. The maximum Gasteiger partial charge on any atom is 0.231 e. The number of hydrogen-bond acceptors (Lipinski definition) is 5. The number of rotatable bonds is 5. The minimum absolute atomic E-state index is 0.00959. The Hall–Kier alpha value is -3.26. The van der Waals surface area contributed by atoms with Gasteiger partial charge in [-0.1, -0.05) is 29.8 Å². The van der Waals surface area contributed by atoms with Crippen molar-refractivity contribution in [2.24, 2.45) is 11.8 Å². The number of amides is 3. The van der Waals surface area contributed by atoms with Crippen molar-refractivity contribution in [3.05, 3.63) is 53.1 Å². The van der Waals surface area contributed by atoms with Crippen molar-refractivity contribution in [1.82, 2.24) is 9.80 Å². The number of piperidine rings is 1. The van der Waals surface area contributed by atoms with Crippen molar-refractivity contribution in [2.45, 2.75) is 25.8 Å². The van der Waals surface area contributed by atoms with Gasteiger partial charge < -0.3 is 24.6 Å². The van der Waals surface area contributed by atoms with Crippen LogP contribution in [0.25, 0.3) is 0 Å². The molecule has 34 heavy (non-hydrogen) atoms. The molecule has 3 heterocycles. The maximum atomic E-state index is 13.1. The Balaban J connectivity index is 1.12. The van der Waals surface area contributed by atoms with Crippen molar-refractivity contribution < 1.29 is 23.9 Å². The average Bonchev–Trinajstić information content (AvgIpc) is 3.46. The number of halogens is 1. The molecule has 1 atom stereocenters. The summed E-state index contributed by atoms with van der Waals surface area (Å²) >= 11 is 6.23. The Morgan fingerprint density at radius 2 is 1.79 bits per heavy atom. The van der Waals surface area contributed by atoms with Crippen LogP contribution >= 0.6 is 11.6 Å². The van der Waals surface area contributed by atoms with E-state index in [9.17, 15) is 14.4 Å². The number of hydrogen-bond donors (Lipinski definition) is 1. The molecule has 0 saturated carbocycles. The lowest BCUT2D eigenvalue weighted by molar-refractivity contribution is -0.138. The number of nitrogens with one attached hydrogen (secondary N) is 1. The number of ether oxygens (including phenoxy) is 2. The van der Waals surface area contributed by atoms with Gasteiger partial charge in [0, 0.05) is 55.3 Å². The summed E-state index contributed by atoms with van der Waals surface area (Å²) in [6.07, 6.45) is 1.39. The first-order valence-electron chi connectivity index (χ1n) is 11.5. The van der Waals surface area contributed by atoms with Gasteiger partial charge in [-0.25, -0.2) is 0 Å². The number of anilines is 1. The van der Waals surface area contributed by atoms with E-state index in [0.29, 0.717) is 61.2 Å². The third-order valence-electron chi connectivity index (χ3n) is 6.70. The molecule has 9 heteroatoms. The molecule has 3 aliphatic rings. The summed E-state index contributed by atoms with van der Waals surface area (Å²) < 4.78 is 10.7. The lowest BCUT2D eigenvalue weighted by Gasteiger charge is -2.33. The molecule has 2 saturated heterocycles. The van der Waals surface area contributed by atoms with Crippen LogP contribution in [0, 0.1) is 11.8 Å². The van der Waals surface area contributed by atoms with Gasteiger partial charge in [0.25, 0.3) is 0 Å². The minimum Gasteiger partial charge on any atom is -0.454 e. The number of carbonyl (C=O) groups excluding carboxylic acids is 3. The molecule has 5 rings (SSSR count). The largest absolute Gasteiger partial charge is 0.454 e. The van der Waals surface area contributed by atoms with Gasteiger partial charge in [-0.05, 0) is 36.6 Å². The van der Waals surface area contributed by atoms with Gasteiger partial charge >= 0.3 is 0 Å². The summed E-state index contributed by atoms with van der Waals surface area (Å²) in [5.41, 5.74) is 1.54. The Morgan fingerprint density at radius 3 is 2.59 bits per heavy atom. The number of carbonyl (C=O) groups is 3. The topological polar surface area (TPSA) is 88.2 Å². The van der Waals surface area contributed by atoms with Crippen LogP contribution in [0.15, 0.2) is 42.5 Å². The van der Waals surface area contributed by atoms with Gasteiger partial charge in [-0.3, -0.25) is 14.4 Å². The first-order chi connectivity index (χ1) is 16.5. The van der Waals surface area contributed by atoms with E-state index >= 15 is 0 Å². The molecular formula is C25H26ClN3O5. The number of likely N-dealkylation sites (tertiary alicyclic amines) is 2. The van der Waals surface area contributed by atoms with E-state index < -0.39 is 0 Å². The van der Waals surface area contributed by atoms with Crippen molar-refractivity contribution in [3.63, 3.8) is 0 Å². The summed E-state index contributed by atoms with van der Waals surface area (Å²) in [4.78, 5) is 41.8. The smallest absolute Gasteiger partial charge is 0.231 e. The van der Waals surface area contributed by atoms with E-state index in [-0.39, 0.29) is 42.8 Å². The second-order valence-corrected chi connectivity index (χ2v) is 9.33. The Morgan fingerprint density at radius 1 is 1.03 bits per heavy atom. The first kappa shape index (κ1) is 22.5. The fourth-order valence-electron chi connectivity index (χ4n) is 4.76. The van der Waals surface area contributed by atoms with Gasteiger partial charge in [0.05, 0.1) is 5.92 Å². The van der Waals surface area contributed by atoms with Crippen LogP contribution in [-0.4, -0.2) is 53.9 Å². The second-order valence-electron chi connectivity index (χ2n) is 8.92. The van der Waals surface area contributed by atoms with Gasteiger partial charge in [0.2, 0.25) is 24.5 Å². The normalized spacial score (nSPS) is 20.0. The molecule has 0 radical (unpaired) electrons. The third kappa shape index (κ3) is 4.68. The summed E-state index contributed by atoms with van der Waals surface area (Å²) in [5.74, 6) is 0.660. The highest BCUT2D eigenvalue weighted by atomic mass is 35.5. The maximum absolute atomic E-state index is 13.1. The standard InChI is InChI=1S/C25H26ClN3O5/c26-20-4-2-1-3-17(20)13-29-14-18(11-23(29)30)25(32)28-9-7-16(8-10-28)24(31)27-19-5-6-21-22(12-19)34-15-33-21/h1-6,12,16,18H,7-11,13-15H2,(H,27,31)/t18-/m1/s1. The molecule has 0 unspecified atom stereocenters. The molecule has 0 aromatic heterocycles. The molecule has 1 N–H and O–H groups in total. The molecular weight excluding hydrogens is 458 g/mol. The second kappa shape index (κ2) is 9.54. The van der Waals surface area contributed by atoms with E-state index in [0.717, 1.165) is 5.56 Å². The highest BCUT2D eigenvalue weighted by Gasteiger charge is 2.38. The van der Waals surface area contributed by atoms with Crippen molar-refractivity contribution >= 4 is 35.0 Å². The minimum atomic E-state index is -0.353. The summed E-state index contributed by atoms with van der Waals surface area (Å²) in [7, 11) is 0. The number of fused-ring (bicyclic) bond motifs is 1. The van der Waals surface area contributed by atoms with Crippen molar-refractivity contribution in [3.8, 4) is 11.5 Å². The van der Waals surface area contributed by atoms with Gasteiger partial charge in [0.15, 0.2) is 11.5 Å². The van der Waals surface area contributed by atoms with Crippen molar-refractivity contribution in [2.75, 3.05) is 31.7 Å². The fourth-order valence-corrected chi connectivity index (χ4v) is 4.96. The molecule has 2 fully saturated rings. The predicted octanol–water partition coefficient (Wildman–Crippen LogP) is 3.29. The van der Waals surface area contributed by atoms with Gasteiger partial charge in [-0.15, -0.1) is 0 Å². The van der Waals surface area contributed by atoms with E-state index in [2.05, 4.69) is 5.32 Å². The van der Waals surface area contributed by atoms with Gasteiger partial charge in [-0.2, -0.15) is 0 Å². The fraction of sp³-hybridized carbons (Fsp3) is 0.400. The molecule has 2 aromatic rings. The lowest BCUT2D eigenvalue weighted by Crippen LogP contribution is -2.44. The molecule has 8 nitrogen and oxygen atoms in total. The highest BCUT2D eigenvalue weighted by Crippen LogP contribution is 2.34. The zero-order valence-corrected chi connectivity index (χ0v) is 19.4. The summed E-state index contributed by atoms with van der Waals surface area (Å²) in [5, 5.41) is 3.56. The average molecular weight is 484 g/mol. The molecule has 0 spiro atoms. The van der Waals surface area contributed by atoms with E-state index in [1.807, 2.05) is 18.2 Å². The Kier molecular flexibility index (Phi) is 6.32. The van der Waals surface area contributed by atoms with Crippen LogP contribution in [0.4, 0.5) is 5.69 Å². The molecule has 3 aliphatic heterocycles.